The molecule has 1 unspecified atom stereocenters. The van der Waals surface area contributed by atoms with Gasteiger partial charge < -0.3 is 9.84 Å². The van der Waals surface area contributed by atoms with Gasteiger partial charge in [0.1, 0.15) is 5.75 Å². The van der Waals surface area contributed by atoms with Crippen LogP contribution in [0.25, 0.3) is 0 Å². The molecule has 0 aliphatic rings. The van der Waals surface area contributed by atoms with Crippen LogP contribution >= 0.6 is 27.3 Å². The highest BCUT2D eigenvalue weighted by Crippen LogP contribution is 2.32. The predicted molar refractivity (Wildman–Crippen MR) is 71.5 cm³/mol. The van der Waals surface area contributed by atoms with Crippen LogP contribution in [0.1, 0.15) is 16.5 Å². The highest BCUT2D eigenvalue weighted by molar-refractivity contribution is 9.10. The molecule has 0 aliphatic carbocycles. The fourth-order valence-electron chi connectivity index (χ4n) is 1.60. The van der Waals surface area contributed by atoms with Crippen molar-refractivity contribution in [2.24, 2.45) is 0 Å². The molecular weight excluding hydrogens is 302 g/mol. The molecule has 0 aliphatic heterocycles. The lowest BCUT2D eigenvalue weighted by atomic mass is 10.1. The van der Waals surface area contributed by atoms with Gasteiger partial charge in [-0.05, 0) is 39.0 Å². The van der Waals surface area contributed by atoms with E-state index in [1.165, 1.54) is 11.3 Å². The number of rotatable bonds is 4. The third-order valence-electron chi connectivity index (χ3n) is 2.37. The summed E-state index contributed by atoms with van der Waals surface area (Å²) < 4.78 is 6.11. The monoisotopic (exact) mass is 313 g/mol. The Balaban J connectivity index is 2.14. The molecule has 2 aromatic heterocycles. The zero-order valence-electron chi connectivity index (χ0n) is 9.26. The second-order valence-electron chi connectivity index (χ2n) is 3.58. The lowest BCUT2D eigenvalue weighted by Crippen LogP contribution is -2.01. The number of aliphatic hydroxyl groups excluding tert-OH is 1. The van der Waals surface area contributed by atoms with Crippen molar-refractivity contribution in [3.05, 3.63) is 44.8 Å². The summed E-state index contributed by atoms with van der Waals surface area (Å²) in [6.07, 6.45) is 3.46. The Morgan fingerprint density at radius 3 is 3.06 bits per heavy atom. The van der Waals surface area contributed by atoms with Gasteiger partial charge in [-0.3, -0.25) is 4.98 Å². The Morgan fingerprint density at radius 1 is 1.53 bits per heavy atom. The number of pyridine rings is 1. The maximum atomic E-state index is 10.2. The van der Waals surface area contributed by atoms with E-state index in [1.54, 1.807) is 19.5 Å². The van der Waals surface area contributed by atoms with Gasteiger partial charge in [0.25, 0.3) is 0 Å². The van der Waals surface area contributed by atoms with Crippen LogP contribution in [0.3, 0.4) is 0 Å². The highest BCUT2D eigenvalue weighted by atomic mass is 79.9. The maximum Gasteiger partial charge on any atom is 0.135 e. The molecule has 0 amide bonds. The van der Waals surface area contributed by atoms with Crippen molar-refractivity contribution in [3.63, 3.8) is 0 Å². The average molecular weight is 314 g/mol. The first-order valence-electron chi connectivity index (χ1n) is 5.09. The summed E-state index contributed by atoms with van der Waals surface area (Å²) in [6.45, 7) is 0. The summed E-state index contributed by atoms with van der Waals surface area (Å²) in [5.74, 6) is 0.741. The van der Waals surface area contributed by atoms with E-state index < -0.39 is 6.10 Å². The second kappa shape index (κ2) is 5.62. The van der Waals surface area contributed by atoms with Crippen LogP contribution in [-0.2, 0) is 6.42 Å². The van der Waals surface area contributed by atoms with Gasteiger partial charge in [-0.15, -0.1) is 11.3 Å². The Bertz CT molecular complexity index is 501. The van der Waals surface area contributed by atoms with E-state index in [0.29, 0.717) is 6.42 Å². The Morgan fingerprint density at radius 2 is 2.35 bits per heavy atom. The van der Waals surface area contributed by atoms with Gasteiger partial charge in [-0.2, -0.15) is 0 Å². The quantitative estimate of drug-likeness (QED) is 0.942. The second-order valence-corrected chi connectivity index (χ2v) is 5.45. The number of thiophene rings is 1. The molecule has 17 heavy (non-hydrogen) atoms. The van der Waals surface area contributed by atoms with Gasteiger partial charge in [-0.25, -0.2) is 0 Å². The van der Waals surface area contributed by atoms with E-state index in [-0.39, 0.29) is 0 Å². The smallest absolute Gasteiger partial charge is 0.135 e. The number of methoxy groups -OCH3 is 1. The number of aromatic nitrogens is 1. The third kappa shape index (κ3) is 3.06. The molecule has 0 radical (unpaired) electrons. The van der Waals surface area contributed by atoms with Crippen molar-refractivity contribution in [1.82, 2.24) is 4.98 Å². The normalized spacial score (nSPS) is 12.4. The Kier molecular flexibility index (Phi) is 4.15. The molecule has 0 aromatic carbocycles. The summed E-state index contributed by atoms with van der Waals surface area (Å²) in [7, 11) is 1.61. The summed E-state index contributed by atoms with van der Waals surface area (Å²) >= 11 is 4.86. The average Bonchev–Trinajstić information content (AvgIpc) is 2.77. The van der Waals surface area contributed by atoms with E-state index in [2.05, 4.69) is 20.9 Å². The minimum Gasteiger partial charge on any atom is -0.495 e. The molecule has 2 aromatic rings. The van der Waals surface area contributed by atoms with Gasteiger partial charge in [0.2, 0.25) is 0 Å². The SMILES string of the molecule is COc1ccsc1C(O)Cc1cncc(Br)c1. The molecule has 5 heteroatoms. The number of hydrogen-bond donors (Lipinski definition) is 1. The lowest BCUT2D eigenvalue weighted by molar-refractivity contribution is 0.178. The van der Waals surface area contributed by atoms with E-state index in [0.717, 1.165) is 20.7 Å². The molecule has 0 fully saturated rings. The van der Waals surface area contributed by atoms with Crippen molar-refractivity contribution in [3.8, 4) is 5.75 Å². The minimum atomic E-state index is -0.555. The molecule has 0 spiro atoms. The first-order chi connectivity index (χ1) is 8.20. The zero-order chi connectivity index (χ0) is 12.3. The van der Waals surface area contributed by atoms with E-state index in [9.17, 15) is 5.11 Å². The zero-order valence-corrected chi connectivity index (χ0v) is 11.7. The molecule has 2 heterocycles. The highest BCUT2D eigenvalue weighted by Gasteiger charge is 2.15. The largest absolute Gasteiger partial charge is 0.495 e. The summed E-state index contributed by atoms with van der Waals surface area (Å²) in [4.78, 5) is 4.93. The molecule has 0 saturated heterocycles. The van der Waals surface area contributed by atoms with E-state index in [1.807, 2.05) is 17.5 Å². The Hall–Kier alpha value is -0.910. The fraction of sp³-hybridized carbons (Fsp3) is 0.250. The van der Waals surface area contributed by atoms with E-state index >= 15 is 0 Å². The van der Waals surface area contributed by atoms with Crippen LogP contribution in [0.2, 0.25) is 0 Å². The summed E-state index contributed by atoms with van der Waals surface area (Å²) in [5.41, 5.74) is 0.988. The van der Waals surface area contributed by atoms with Gasteiger partial charge in [-0.1, -0.05) is 0 Å². The number of ether oxygens (including phenoxy) is 1. The molecule has 0 saturated carbocycles. The van der Waals surface area contributed by atoms with Crippen molar-refractivity contribution >= 4 is 27.3 Å². The van der Waals surface area contributed by atoms with Crippen molar-refractivity contribution in [1.29, 1.82) is 0 Å². The molecule has 2 rings (SSSR count). The first-order valence-corrected chi connectivity index (χ1v) is 6.77. The molecule has 90 valence electrons. The van der Waals surface area contributed by atoms with Crippen LogP contribution in [0.4, 0.5) is 0 Å². The van der Waals surface area contributed by atoms with Crippen LogP contribution in [0.5, 0.6) is 5.75 Å². The number of hydrogen-bond acceptors (Lipinski definition) is 4. The molecule has 0 bridgehead atoms. The molecular formula is C12H12BrNO2S. The van der Waals surface area contributed by atoms with Gasteiger partial charge in [0.15, 0.2) is 0 Å². The topological polar surface area (TPSA) is 42.4 Å². The molecule has 1 atom stereocenters. The van der Waals surface area contributed by atoms with Crippen LogP contribution in [0, 0.1) is 0 Å². The number of nitrogens with zero attached hydrogens (tertiary/aromatic N) is 1. The maximum absolute atomic E-state index is 10.2. The van der Waals surface area contributed by atoms with Gasteiger partial charge in [0.05, 0.1) is 18.1 Å². The van der Waals surface area contributed by atoms with Crippen LogP contribution in [0.15, 0.2) is 34.4 Å². The summed E-state index contributed by atoms with van der Waals surface area (Å²) in [5, 5.41) is 12.1. The first kappa shape index (κ1) is 12.5. The van der Waals surface area contributed by atoms with E-state index in [4.69, 9.17) is 4.74 Å². The van der Waals surface area contributed by atoms with Crippen LogP contribution < -0.4 is 4.74 Å². The van der Waals surface area contributed by atoms with Gasteiger partial charge in [0, 0.05) is 23.3 Å². The minimum absolute atomic E-state index is 0.531. The Labute approximate surface area is 112 Å². The van der Waals surface area contributed by atoms with Crippen molar-refractivity contribution in [2.75, 3.05) is 7.11 Å². The molecule has 3 nitrogen and oxygen atoms in total. The van der Waals surface area contributed by atoms with Crippen molar-refractivity contribution < 1.29 is 9.84 Å². The lowest BCUT2D eigenvalue weighted by Gasteiger charge is -2.10. The van der Waals surface area contributed by atoms with Crippen LogP contribution in [-0.4, -0.2) is 17.2 Å². The summed E-state index contributed by atoms with van der Waals surface area (Å²) in [6, 6.07) is 3.82. The third-order valence-corrected chi connectivity index (χ3v) is 3.80. The molecule has 1 N–H and O–H groups in total. The van der Waals surface area contributed by atoms with Crippen molar-refractivity contribution in [2.45, 2.75) is 12.5 Å². The standard InChI is InChI=1S/C12H12BrNO2S/c1-16-11-2-3-17-12(11)10(15)5-8-4-9(13)7-14-6-8/h2-4,6-7,10,15H,5H2,1H3. The predicted octanol–water partition coefficient (Wildman–Crippen LogP) is 3.19. The van der Waals surface area contributed by atoms with Gasteiger partial charge >= 0.3 is 0 Å². The number of halogens is 1. The fourth-order valence-corrected chi connectivity index (χ4v) is 2.86. The number of aliphatic hydroxyl groups is 1.